The fourth-order valence-corrected chi connectivity index (χ4v) is 3.81. The molecule has 0 fully saturated rings. The minimum Gasteiger partial charge on any atom is -0.377 e. The number of anilines is 1. The number of hydrogen-bond donors (Lipinski definition) is 1. The standard InChI is InChI=1S/C27H22ClNO/c28-23-16-18-24(19-17-23)29-26(21-12-6-2-7-13-21)25(20-10-4-1-5-11-20)27(30)22-14-8-3-9-15-22/h1-19,25-26,29H/t25-,26+/m1/s1. The van der Waals surface area contributed by atoms with Crippen molar-refractivity contribution in [3.05, 3.63) is 137 Å². The summed E-state index contributed by atoms with van der Waals surface area (Å²) in [5.74, 6) is -0.316. The van der Waals surface area contributed by atoms with Crippen LogP contribution in [0.15, 0.2) is 115 Å². The van der Waals surface area contributed by atoms with Crippen molar-refractivity contribution in [2.24, 2.45) is 0 Å². The van der Waals surface area contributed by atoms with Gasteiger partial charge in [-0.05, 0) is 35.4 Å². The SMILES string of the molecule is O=C(c1ccccc1)[C@H](c1ccccc1)[C@@H](Nc1ccc(Cl)cc1)c1ccccc1. The third-order valence-electron chi connectivity index (χ3n) is 5.16. The van der Waals surface area contributed by atoms with Crippen LogP contribution in [-0.2, 0) is 0 Å². The molecule has 3 heteroatoms. The van der Waals surface area contributed by atoms with Crippen LogP contribution in [0.2, 0.25) is 5.02 Å². The predicted molar refractivity (Wildman–Crippen MR) is 124 cm³/mol. The summed E-state index contributed by atoms with van der Waals surface area (Å²) in [5, 5.41) is 4.27. The normalized spacial score (nSPS) is 12.7. The molecule has 1 N–H and O–H groups in total. The predicted octanol–water partition coefficient (Wildman–Crippen LogP) is 7.16. The Hall–Kier alpha value is -3.36. The minimum atomic E-state index is -0.397. The largest absolute Gasteiger partial charge is 0.377 e. The number of Topliss-reactive ketones (excluding diaryl/α,β-unsaturated/α-hetero) is 1. The molecule has 0 aliphatic heterocycles. The first-order valence-electron chi connectivity index (χ1n) is 9.93. The molecule has 0 radical (unpaired) electrons. The van der Waals surface area contributed by atoms with Crippen LogP contribution < -0.4 is 5.32 Å². The highest BCUT2D eigenvalue weighted by atomic mass is 35.5. The van der Waals surface area contributed by atoms with E-state index < -0.39 is 5.92 Å². The molecule has 0 aromatic heterocycles. The van der Waals surface area contributed by atoms with E-state index in [0.29, 0.717) is 10.6 Å². The van der Waals surface area contributed by atoms with E-state index in [-0.39, 0.29) is 11.8 Å². The molecule has 0 unspecified atom stereocenters. The van der Waals surface area contributed by atoms with Gasteiger partial charge in [0.2, 0.25) is 0 Å². The lowest BCUT2D eigenvalue weighted by molar-refractivity contribution is 0.0950. The van der Waals surface area contributed by atoms with Gasteiger partial charge in [-0.15, -0.1) is 0 Å². The maximum atomic E-state index is 13.7. The Morgan fingerprint density at radius 3 is 1.70 bits per heavy atom. The second kappa shape index (κ2) is 9.43. The summed E-state index contributed by atoms with van der Waals surface area (Å²) in [7, 11) is 0. The summed E-state index contributed by atoms with van der Waals surface area (Å²) >= 11 is 6.07. The maximum absolute atomic E-state index is 13.7. The Morgan fingerprint density at radius 2 is 1.13 bits per heavy atom. The molecular formula is C27H22ClNO. The molecule has 0 heterocycles. The number of halogens is 1. The third-order valence-corrected chi connectivity index (χ3v) is 5.41. The average Bonchev–Trinajstić information content (AvgIpc) is 2.82. The minimum absolute atomic E-state index is 0.0807. The van der Waals surface area contributed by atoms with Gasteiger partial charge < -0.3 is 5.32 Å². The summed E-state index contributed by atoms with van der Waals surface area (Å²) < 4.78 is 0. The Balaban J connectivity index is 1.82. The van der Waals surface area contributed by atoms with Crippen LogP contribution >= 0.6 is 11.6 Å². The molecule has 148 valence electrons. The first-order valence-corrected chi connectivity index (χ1v) is 10.3. The van der Waals surface area contributed by atoms with Crippen LogP contribution in [0.3, 0.4) is 0 Å². The smallest absolute Gasteiger partial charge is 0.172 e. The third kappa shape index (κ3) is 4.61. The monoisotopic (exact) mass is 411 g/mol. The van der Waals surface area contributed by atoms with E-state index in [4.69, 9.17) is 11.6 Å². The molecule has 30 heavy (non-hydrogen) atoms. The molecule has 0 saturated carbocycles. The highest BCUT2D eigenvalue weighted by Crippen LogP contribution is 2.37. The topological polar surface area (TPSA) is 29.1 Å². The molecule has 2 nitrogen and oxygen atoms in total. The Kier molecular flexibility index (Phi) is 6.26. The zero-order chi connectivity index (χ0) is 20.8. The molecule has 0 aliphatic carbocycles. The van der Waals surface area contributed by atoms with Crippen molar-refractivity contribution in [2.45, 2.75) is 12.0 Å². The van der Waals surface area contributed by atoms with Gasteiger partial charge in [0, 0.05) is 16.3 Å². The Morgan fingerprint density at radius 1 is 0.633 bits per heavy atom. The quantitative estimate of drug-likeness (QED) is 0.327. The van der Waals surface area contributed by atoms with Crippen molar-refractivity contribution < 1.29 is 4.79 Å². The lowest BCUT2D eigenvalue weighted by atomic mass is 9.81. The molecule has 0 spiro atoms. The number of carbonyl (C=O) groups excluding carboxylic acids is 1. The van der Waals surface area contributed by atoms with Gasteiger partial charge in [-0.25, -0.2) is 0 Å². The Labute approximate surface area is 182 Å². The van der Waals surface area contributed by atoms with E-state index in [0.717, 1.165) is 16.8 Å². The van der Waals surface area contributed by atoms with Gasteiger partial charge in [-0.3, -0.25) is 4.79 Å². The van der Waals surface area contributed by atoms with E-state index in [2.05, 4.69) is 17.4 Å². The summed E-state index contributed by atoms with van der Waals surface area (Å²) in [6.07, 6.45) is 0. The van der Waals surface area contributed by atoms with E-state index >= 15 is 0 Å². The van der Waals surface area contributed by atoms with Gasteiger partial charge in [-0.1, -0.05) is 103 Å². The highest BCUT2D eigenvalue weighted by Gasteiger charge is 2.31. The van der Waals surface area contributed by atoms with Crippen LogP contribution in [0.4, 0.5) is 5.69 Å². The van der Waals surface area contributed by atoms with Gasteiger partial charge in [0.05, 0.1) is 12.0 Å². The van der Waals surface area contributed by atoms with Gasteiger partial charge >= 0.3 is 0 Å². The van der Waals surface area contributed by atoms with Crippen LogP contribution in [0, 0.1) is 0 Å². The fraction of sp³-hybridized carbons (Fsp3) is 0.0741. The van der Waals surface area contributed by atoms with Crippen molar-refractivity contribution in [3.8, 4) is 0 Å². The second-order valence-electron chi connectivity index (χ2n) is 7.16. The second-order valence-corrected chi connectivity index (χ2v) is 7.59. The lowest BCUT2D eigenvalue weighted by Crippen LogP contribution is -2.26. The molecule has 4 aromatic rings. The van der Waals surface area contributed by atoms with Crippen LogP contribution in [0.25, 0.3) is 0 Å². The van der Waals surface area contributed by atoms with E-state index in [1.165, 1.54) is 0 Å². The molecule has 2 atom stereocenters. The average molecular weight is 412 g/mol. The van der Waals surface area contributed by atoms with Crippen molar-refractivity contribution in [1.82, 2.24) is 0 Å². The molecule has 0 aliphatic rings. The summed E-state index contributed by atoms with van der Waals surface area (Å²) in [4.78, 5) is 13.7. The van der Waals surface area contributed by atoms with Gasteiger partial charge in [0.25, 0.3) is 0 Å². The molecule has 4 aromatic carbocycles. The first-order chi connectivity index (χ1) is 14.7. The number of ketones is 1. The molecular weight excluding hydrogens is 390 g/mol. The molecule has 0 bridgehead atoms. The maximum Gasteiger partial charge on any atom is 0.172 e. The zero-order valence-electron chi connectivity index (χ0n) is 16.4. The molecule has 0 saturated heterocycles. The summed E-state index contributed by atoms with van der Waals surface area (Å²) in [6.45, 7) is 0. The number of hydrogen-bond acceptors (Lipinski definition) is 2. The van der Waals surface area contributed by atoms with E-state index in [1.54, 1.807) is 0 Å². The van der Waals surface area contributed by atoms with Gasteiger partial charge in [-0.2, -0.15) is 0 Å². The molecule has 0 amide bonds. The highest BCUT2D eigenvalue weighted by molar-refractivity contribution is 6.30. The number of rotatable bonds is 7. The van der Waals surface area contributed by atoms with Crippen molar-refractivity contribution in [1.29, 1.82) is 0 Å². The zero-order valence-corrected chi connectivity index (χ0v) is 17.2. The van der Waals surface area contributed by atoms with Gasteiger partial charge in [0.15, 0.2) is 5.78 Å². The summed E-state index contributed by atoms with van der Waals surface area (Å²) in [6, 6.07) is 36.9. The van der Waals surface area contributed by atoms with Crippen molar-refractivity contribution in [2.75, 3.05) is 5.32 Å². The number of benzene rings is 4. The fourth-order valence-electron chi connectivity index (χ4n) is 3.68. The lowest BCUT2D eigenvalue weighted by Gasteiger charge is -2.29. The van der Waals surface area contributed by atoms with E-state index in [1.807, 2.05) is 103 Å². The number of carbonyl (C=O) groups is 1. The van der Waals surface area contributed by atoms with Crippen molar-refractivity contribution in [3.63, 3.8) is 0 Å². The van der Waals surface area contributed by atoms with E-state index in [9.17, 15) is 4.79 Å². The van der Waals surface area contributed by atoms with Crippen molar-refractivity contribution >= 4 is 23.1 Å². The van der Waals surface area contributed by atoms with Crippen LogP contribution in [0.1, 0.15) is 33.4 Å². The summed E-state index contributed by atoms with van der Waals surface area (Å²) in [5.41, 5.74) is 3.63. The van der Waals surface area contributed by atoms with Gasteiger partial charge in [0.1, 0.15) is 0 Å². The Bertz CT molecular complexity index is 1080. The van der Waals surface area contributed by atoms with Crippen LogP contribution in [-0.4, -0.2) is 5.78 Å². The molecule has 4 rings (SSSR count). The van der Waals surface area contributed by atoms with Crippen LogP contribution in [0.5, 0.6) is 0 Å². The number of nitrogens with one attached hydrogen (secondary N) is 1. The first kappa shape index (κ1) is 19.9.